The molecule has 1 rings (SSSR count). The number of nitrogens with zero attached hydrogens (tertiary/aromatic N) is 1. The number of primary amides is 1. The number of rotatable bonds is 5. The number of carbonyl (C=O) groups is 3. The van der Waals surface area contributed by atoms with Gasteiger partial charge in [-0.3, -0.25) is 14.4 Å². The Morgan fingerprint density at radius 2 is 1.62 bits per heavy atom. The molecule has 9 heteroatoms. The number of hydrogen-bond acceptors (Lipinski definition) is 3. The van der Waals surface area contributed by atoms with Gasteiger partial charge in [0.15, 0.2) is 0 Å². The lowest BCUT2D eigenvalue weighted by Gasteiger charge is -2.19. The van der Waals surface area contributed by atoms with E-state index in [2.05, 4.69) is 0 Å². The third-order valence-electron chi connectivity index (χ3n) is 2.42. The standard InChI is InChI=1S/C12H11F3N2O4/c13-12(14,15)8-3-1-7(2-4-8)11(21)17(5-9(16)18)6-10(19)20/h1-4H,5-6H2,(H2,16,18)(H,19,20). The van der Waals surface area contributed by atoms with E-state index in [-0.39, 0.29) is 5.56 Å². The molecule has 21 heavy (non-hydrogen) atoms. The summed E-state index contributed by atoms with van der Waals surface area (Å²) in [4.78, 5) is 34.0. The van der Waals surface area contributed by atoms with Crippen LogP contribution >= 0.6 is 0 Å². The Kier molecular flexibility index (Phi) is 4.90. The maximum absolute atomic E-state index is 12.4. The van der Waals surface area contributed by atoms with E-state index in [4.69, 9.17) is 10.8 Å². The molecule has 0 aliphatic heterocycles. The molecule has 0 aliphatic rings. The van der Waals surface area contributed by atoms with Crippen molar-refractivity contribution in [3.8, 4) is 0 Å². The monoisotopic (exact) mass is 304 g/mol. The second kappa shape index (κ2) is 6.25. The van der Waals surface area contributed by atoms with E-state index in [1.54, 1.807) is 0 Å². The summed E-state index contributed by atoms with van der Waals surface area (Å²) in [7, 11) is 0. The summed E-state index contributed by atoms with van der Waals surface area (Å²) in [5.41, 5.74) is 3.77. The first-order chi connectivity index (χ1) is 9.61. The smallest absolute Gasteiger partial charge is 0.416 e. The Bertz CT molecular complexity index is 539. The molecule has 6 nitrogen and oxygen atoms in total. The van der Waals surface area contributed by atoms with Crippen LogP contribution in [0.1, 0.15) is 15.9 Å². The Balaban J connectivity index is 2.98. The normalized spacial score (nSPS) is 11.0. The van der Waals surface area contributed by atoms with Crippen LogP contribution in [0.25, 0.3) is 0 Å². The highest BCUT2D eigenvalue weighted by molar-refractivity contribution is 5.97. The molecule has 0 heterocycles. The van der Waals surface area contributed by atoms with E-state index in [0.717, 1.165) is 12.1 Å². The van der Waals surface area contributed by atoms with Crippen LogP contribution in [0, 0.1) is 0 Å². The van der Waals surface area contributed by atoms with E-state index < -0.39 is 42.6 Å². The van der Waals surface area contributed by atoms with Crippen LogP contribution in [-0.4, -0.2) is 40.9 Å². The highest BCUT2D eigenvalue weighted by atomic mass is 19.4. The van der Waals surface area contributed by atoms with Crippen LogP contribution < -0.4 is 5.73 Å². The molecule has 1 aromatic carbocycles. The predicted molar refractivity (Wildman–Crippen MR) is 64.2 cm³/mol. The summed E-state index contributed by atoms with van der Waals surface area (Å²) in [6.07, 6.45) is -4.55. The molecular weight excluding hydrogens is 293 g/mol. The molecule has 2 amide bonds. The average molecular weight is 304 g/mol. The zero-order valence-electron chi connectivity index (χ0n) is 10.6. The molecule has 0 bridgehead atoms. The minimum atomic E-state index is -4.55. The van der Waals surface area contributed by atoms with Gasteiger partial charge in [0, 0.05) is 5.56 Å². The maximum atomic E-state index is 12.4. The first kappa shape index (κ1) is 16.5. The number of carboxylic acids is 1. The van der Waals surface area contributed by atoms with Gasteiger partial charge in [0.2, 0.25) is 5.91 Å². The summed E-state index contributed by atoms with van der Waals surface area (Å²) >= 11 is 0. The van der Waals surface area contributed by atoms with Crippen molar-refractivity contribution in [1.82, 2.24) is 4.90 Å². The van der Waals surface area contributed by atoms with Gasteiger partial charge < -0.3 is 15.7 Å². The topological polar surface area (TPSA) is 101 Å². The zero-order valence-corrected chi connectivity index (χ0v) is 10.6. The van der Waals surface area contributed by atoms with Crippen LogP contribution in [0.5, 0.6) is 0 Å². The lowest BCUT2D eigenvalue weighted by molar-refractivity contribution is -0.138. The van der Waals surface area contributed by atoms with Crippen molar-refractivity contribution in [2.45, 2.75) is 6.18 Å². The number of hydrogen-bond donors (Lipinski definition) is 2. The van der Waals surface area contributed by atoms with Gasteiger partial charge in [0.05, 0.1) is 5.56 Å². The molecule has 114 valence electrons. The Hall–Kier alpha value is -2.58. The minimum absolute atomic E-state index is 0.175. The average Bonchev–Trinajstić information content (AvgIpc) is 2.35. The van der Waals surface area contributed by atoms with Crippen molar-refractivity contribution in [3.63, 3.8) is 0 Å². The van der Waals surface area contributed by atoms with Crippen LogP contribution in [0.3, 0.4) is 0 Å². The van der Waals surface area contributed by atoms with E-state index in [1.807, 2.05) is 0 Å². The van der Waals surface area contributed by atoms with E-state index in [1.165, 1.54) is 0 Å². The second-order valence-electron chi connectivity index (χ2n) is 4.10. The number of benzene rings is 1. The van der Waals surface area contributed by atoms with Crippen LogP contribution in [0.4, 0.5) is 13.2 Å². The van der Waals surface area contributed by atoms with Gasteiger partial charge in [-0.15, -0.1) is 0 Å². The molecule has 0 radical (unpaired) electrons. The van der Waals surface area contributed by atoms with Gasteiger partial charge in [-0.1, -0.05) is 0 Å². The van der Waals surface area contributed by atoms with E-state index in [0.29, 0.717) is 17.0 Å². The fraction of sp³-hybridized carbons (Fsp3) is 0.250. The molecule has 0 unspecified atom stereocenters. The van der Waals surface area contributed by atoms with Gasteiger partial charge in [0.1, 0.15) is 13.1 Å². The van der Waals surface area contributed by atoms with Crippen molar-refractivity contribution in [2.24, 2.45) is 5.73 Å². The first-order valence-electron chi connectivity index (χ1n) is 5.58. The SMILES string of the molecule is NC(=O)CN(CC(=O)O)C(=O)c1ccc(C(F)(F)F)cc1. The second-order valence-corrected chi connectivity index (χ2v) is 4.10. The summed E-state index contributed by atoms with van der Waals surface area (Å²) < 4.78 is 37.2. The van der Waals surface area contributed by atoms with Crippen LogP contribution in [0.2, 0.25) is 0 Å². The van der Waals surface area contributed by atoms with Crippen molar-refractivity contribution in [2.75, 3.05) is 13.1 Å². The van der Waals surface area contributed by atoms with Gasteiger partial charge in [0.25, 0.3) is 5.91 Å². The van der Waals surface area contributed by atoms with Gasteiger partial charge in [-0.05, 0) is 24.3 Å². The minimum Gasteiger partial charge on any atom is -0.480 e. The largest absolute Gasteiger partial charge is 0.480 e. The van der Waals surface area contributed by atoms with Gasteiger partial charge >= 0.3 is 12.1 Å². The molecule has 0 aromatic heterocycles. The third kappa shape index (κ3) is 4.79. The predicted octanol–water partition coefficient (Wildman–Crippen LogP) is 0.718. The lowest BCUT2D eigenvalue weighted by Crippen LogP contribution is -2.41. The molecule has 0 aliphatic carbocycles. The molecule has 0 saturated heterocycles. The first-order valence-corrected chi connectivity index (χ1v) is 5.58. The van der Waals surface area contributed by atoms with Crippen LogP contribution in [-0.2, 0) is 15.8 Å². The van der Waals surface area contributed by atoms with E-state index >= 15 is 0 Å². The number of carboxylic acid groups (broad SMARTS) is 1. The molecule has 0 saturated carbocycles. The number of nitrogens with two attached hydrogens (primary N) is 1. The fourth-order valence-corrected chi connectivity index (χ4v) is 1.54. The number of aliphatic carboxylic acids is 1. The Morgan fingerprint density at radius 3 is 2.00 bits per heavy atom. The molecule has 0 fully saturated rings. The number of alkyl halides is 3. The Labute approximate surface area is 116 Å². The lowest BCUT2D eigenvalue weighted by atomic mass is 10.1. The third-order valence-corrected chi connectivity index (χ3v) is 2.42. The van der Waals surface area contributed by atoms with E-state index in [9.17, 15) is 27.6 Å². The zero-order chi connectivity index (χ0) is 16.2. The maximum Gasteiger partial charge on any atom is 0.416 e. The molecule has 0 spiro atoms. The summed E-state index contributed by atoms with van der Waals surface area (Å²) in [5, 5.41) is 8.65. The fourth-order valence-electron chi connectivity index (χ4n) is 1.54. The van der Waals surface area contributed by atoms with Gasteiger partial charge in [-0.25, -0.2) is 0 Å². The highest BCUT2D eigenvalue weighted by Gasteiger charge is 2.30. The molecule has 1 aromatic rings. The molecular formula is C12H11F3N2O4. The quantitative estimate of drug-likeness (QED) is 0.837. The highest BCUT2D eigenvalue weighted by Crippen LogP contribution is 2.29. The van der Waals surface area contributed by atoms with Crippen molar-refractivity contribution in [3.05, 3.63) is 35.4 Å². The number of carbonyl (C=O) groups excluding carboxylic acids is 2. The summed E-state index contributed by atoms with van der Waals surface area (Å²) in [6, 6.07) is 3.19. The Morgan fingerprint density at radius 1 is 1.10 bits per heavy atom. The van der Waals surface area contributed by atoms with Gasteiger partial charge in [-0.2, -0.15) is 13.2 Å². The summed E-state index contributed by atoms with van der Waals surface area (Å²) in [5.74, 6) is -3.21. The molecule has 3 N–H and O–H groups in total. The van der Waals surface area contributed by atoms with Crippen molar-refractivity contribution in [1.29, 1.82) is 0 Å². The van der Waals surface area contributed by atoms with Crippen molar-refractivity contribution >= 4 is 17.8 Å². The number of halogens is 3. The van der Waals surface area contributed by atoms with Crippen molar-refractivity contribution < 1.29 is 32.7 Å². The number of amides is 2. The van der Waals surface area contributed by atoms with Crippen LogP contribution in [0.15, 0.2) is 24.3 Å². The summed E-state index contributed by atoms with van der Waals surface area (Å²) in [6.45, 7) is -1.44. The molecule has 0 atom stereocenters.